The summed E-state index contributed by atoms with van der Waals surface area (Å²) in [7, 11) is 1.82. The van der Waals surface area contributed by atoms with E-state index in [1.54, 1.807) is 30.3 Å². The fraction of sp³-hybridized carbons (Fsp3) is 0.143. The normalized spacial score (nSPS) is 10.3. The number of hydrogen-bond donors (Lipinski definition) is 1. The topological polar surface area (TPSA) is 64.4 Å². The lowest BCUT2D eigenvalue weighted by Crippen LogP contribution is -2.07. The maximum absolute atomic E-state index is 10.6. The van der Waals surface area contributed by atoms with Crippen LogP contribution in [0, 0.1) is 10.1 Å². The van der Waals surface area contributed by atoms with Gasteiger partial charge in [0.1, 0.15) is 11.5 Å². The molecule has 0 radical (unpaired) electrons. The van der Waals surface area contributed by atoms with Crippen LogP contribution in [0.2, 0.25) is 5.02 Å². The van der Waals surface area contributed by atoms with Crippen molar-refractivity contribution in [2.24, 2.45) is 0 Å². The van der Waals surface area contributed by atoms with Crippen molar-refractivity contribution in [3.63, 3.8) is 0 Å². The first-order chi connectivity index (χ1) is 9.61. The summed E-state index contributed by atoms with van der Waals surface area (Å²) in [6.45, 7) is 0.571. The number of nitro benzene ring substituents is 1. The van der Waals surface area contributed by atoms with Crippen LogP contribution < -0.4 is 10.1 Å². The second-order valence-corrected chi connectivity index (χ2v) is 4.51. The molecule has 0 bridgehead atoms. The molecule has 2 aromatic carbocycles. The minimum absolute atomic E-state index is 0.0268. The van der Waals surface area contributed by atoms with Crippen LogP contribution in [0.3, 0.4) is 0 Å². The summed E-state index contributed by atoms with van der Waals surface area (Å²) >= 11 is 6.13. The van der Waals surface area contributed by atoms with E-state index in [-0.39, 0.29) is 5.69 Å². The third kappa shape index (κ3) is 3.26. The standard InChI is InChI=1S/C14H13ClN2O3/c1-16-9-12-13(15)3-2-4-14(12)20-11-7-5-10(6-8-11)17(18)19/h2-8,16H,9H2,1H3. The van der Waals surface area contributed by atoms with E-state index in [2.05, 4.69) is 5.32 Å². The van der Waals surface area contributed by atoms with Crippen molar-refractivity contribution in [3.8, 4) is 11.5 Å². The quantitative estimate of drug-likeness (QED) is 0.673. The Labute approximate surface area is 121 Å². The van der Waals surface area contributed by atoms with Gasteiger partial charge in [-0.25, -0.2) is 0 Å². The molecule has 0 aliphatic heterocycles. The molecule has 0 atom stereocenters. The Morgan fingerprint density at radius 2 is 1.95 bits per heavy atom. The number of halogens is 1. The Hall–Kier alpha value is -2.11. The van der Waals surface area contributed by atoms with Crippen LogP contribution in [0.15, 0.2) is 42.5 Å². The number of nitro groups is 1. The molecular weight excluding hydrogens is 280 g/mol. The molecule has 0 aromatic heterocycles. The van der Waals surface area contributed by atoms with Gasteiger partial charge in [-0.05, 0) is 31.3 Å². The van der Waals surface area contributed by atoms with Crippen molar-refractivity contribution in [1.29, 1.82) is 0 Å². The van der Waals surface area contributed by atoms with Crippen molar-refractivity contribution >= 4 is 17.3 Å². The Bertz CT molecular complexity index is 614. The van der Waals surface area contributed by atoms with Gasteiger partial charge in [0.25, 0.3) is 5.69 Å². The van der Waals surface area contributed by atoms with Crippen molar-refractivity contribution < 1.29 is 9.66 Å². The van der Waals surface area contributed by atoms with Crippen LogP contribution in [0.1, 0.15) is 5.56 Å². The highest BCUT2D eigenvalue weighted by Gasteiger charge is 2.10. The molecule has 0 fully saturated rings. The Morgan fingerprint density at radius 3 is 2.55 bits per heavy atom. The molecule has 0 amide bonds. The first-order valence-corrected chi connectivity index (χ1v) is 6.34. The molecule has 5 nitrogen and oxygen atoms in total. The van der Waals surface area contributed by atoms with E-state index in [4.69, 9.17) is 16.3 Å². The molecule has 0 saturated carbocycles. The minimum Gasteiger partial charge on any atom is -0.457 e. The smallest absolute Gasteiger partial charge is 0.269 e. The Balaban J connectivity index is 2.25. The van der Waals surface area contributed by atoms with Gasteiger partial charge in [-0.3, -0.25) is 10.1 Å². The van der Waals surface area contributed by atoms with Crippen LogP contribution >= 0.6 is 11.6 Å². The molecule has 0 heterocycles. The summed E-state index contributed by atoms with van der Waals surface area (Å²) in [6.07, 6.45) is 0. The van der Waals surface area contributed by atoms with Crippen LogP contribution in [0.5, 0.6) is 11.5 Å². The van der Waals surface area contributed by atoms with Crippen LogP contribution in [-0.4, -0.2) is 12.0 Å². The van der Waals surface area contributed by atoms with Gasteiger partial charge in [-0.2, -0.15) is 0 Å². The number of benzene rings is 2. The second-order valence-electron chi connectivity index (χ2n) is 4.10. The highest BCUT2D eigenvalue weighted by atomic mass is 35.5. The van der Waals surface area contributed by atoms with E-state index in [0.717, 1.165) is 5.56 Å². The number of ether oxygens (including phenoxy) is 1. The number of non-ortho nitro benzene ring substituents is 1. The second kappa shape index (κ2) is 6.36. The highest BCUT2D eigenvalue weighted by molar-refractivity contribution is 6.31. The molecule has 20 heavy (non-hydrogen) atoms. The summed E-state index contributed by atoms with van der Waals surface area (Å²) in [4.78, 5) is 10.1. The van der Waals surface area contributed by atoms with Crippen molar-refractivity contribution in [2.75, 3.05) is 7.05 Å². The predicted molar refractivity (Wildman–Crippen MR) is 77.4 cm³/mol. The first-order valence-electron chi connectivity index (χ1n) is 5.96. The van der Waals surface area contributed by atoms with E-state index in [0.29, 0.717) is 23.1 Å². The van der Waals surface area contributed by atoms with E-state index in [1.807, 2.05) is 7.05 Å². The van der Waals surface area contributed by atoms with E-state index < -0.39 is 4.92 Å². The molecule has 0 unspecified atom stereocenters. The molecule has 0 aliphatic carbocycles. The van der Waals surface area contributed by atoms with Gasteiger partial charge in [-0.15, -0.1) is 0 Å². The van der Waals surface area contributed by atoms with E-state index in [9.17, 15) is 10.1 Å². The summed E-state index contributed by atoms with van der Waals surface area (Å²) in [5.41, 5.74) is 0.869. The molecule has 0 spiro atoms. The average molecular weight is 293 g/mol. The Morgan fingerprint density at radius 1 is 1.25 bits per heavy atom. The van der Waals surface area contributed by atoms with Crippen molar-refractivity contribution in [2.45, 2.75) is 6.54 Å². The number of nitrogens with one attached hydrogen (secondary N) is 1. The van der Waals surface area contributed by atoms with Crippen molar-refractivity contribution in [3.05, 3.63) is 63.2 Å². The summed E-state index contributed by atoms with van der Waals surface area (Å²) < 4.78 is 5.73. The molecule has 2 aromatic rings. The summed E-state index contributed by atoms with van der Waals surface area (Å²) in [6, 6.07) is 11.3. The molecule has 0 saturated heterocycles. The number of rotatable bonds is 5. The van der Waals surface area contributed by atoms with Crippen LogP contribution in [0.4, 0.5) is 5.69 Å². The third-order valence-electron chi connectivity index (χ3n) is 2.70. The number of nitrogens with zero attached hydrogens (tertiary/aromatic N) is 1. The molecule has 6 heteroatoms. The van der Waals surface area contributed by atoms with Gasteiger partial charge < -0.3 is 10.1 Å². The zero-order valence-corrected chi connectivity index (χ0v) is 11.6. The molecule has 2 rings (SSSR count). The van der Waals surface area contributed by atoms with Gasteiger partial charge in [0.15, 0.2) is 0 Å². The maximum atomic E-state index is 10.6. The van der Waals surface area contributed by atoms with Gasteiger partial charge in [0, 0.05) is 29.3 Å². The van der Waals surface area contributed by atoms with Gasteiger partial charge in [0.05, 0.1) is 4.92 Å². The fourth-order valence-electron chi connectivity index (χ4n) is 1.75. The molecule has 0 aliphatic rings. The zero-order valence-electron chi connectivity index (χ0n) is 10.8. The zero-order chi connectivity index (χ0) is 14.5. The SMILES string of the molecule is CNCc1c(Cl)cccc1Oc1ccc([N+](=O)[O-])cc1. The summed E-state index contributed by atoms with van der Waals surface area (Å²) in [5.74, 6) is 1.15. The number of hydrogen-bond acceptors (Lipinski definition) is 4. The van der Waals surface area contributed by atoms with Crippen molar-refractivity contribution in [1.82, 2.24) is 5.32 Å². The average Bonchev–Trinajstić information content (AvgIpc) is 2.43. The van der Waals surface area contributed by atoms with E-state index >= 15 is 0 Å². The molecular formula is C14H13ClN2O3. The maximum Gasteiger partial charge on any atom is 0.269 e. The fourth-order valence-corrected chi connectivity index (χ4v) is 1.98. The molecule has 104 valence electrons. The highest BCUT2D eigenvalue weighted by Crippen LogP contribution is 2.31. The Kier molecular flexibility index (Phi) is 4.55. The van der Waals surface area contributed by atoms with Crippen LogP contribution in [0.25, 0.3) is 0 Å². The third-order valence-corrected chi connectivity index (χ3v) is 3.06. The molecule has 1 N–H and O–H groups in total. The monoisotopic (exact) mass is 292 g/mol. The lowest BCUT2D eigenvalue weighted by molar-refractivity contribution is -0.384. The van der Waals surface area contributed by atoms with Gasteiger partial charge in [0.2, 0.25) is 0 Å². The van der Waals surface area contributed by atoms with Gasteiger partial charge >= 0.3 is 0 Å². The largest absolute Gasteiger partial charge is 0.457 e. The predicted octanol–water partition coefficient (Wildman–Crippen LogP) is 3.76. The van der Waals surface area contributed by atoms with Crippen LogP contribution in [-0.2, 0) is 6.54 Å². The first kappa shape index (κ1) is 14.3. The van der Waals surface area contributed by atoms with E-state index in [1.165, 1.54) is 12.1 Å². The lowest BCUT2D eigenvalue weighted by atomic mass is 10.2. The minimum atomic E-state index is -0.449. The van der Waals surface area contributed by atoms with Gasteiger partial charge in [-0.1, -0.05) is 17.7 Å². The lowest BCUT2D eigenvalue weighted by Gasteiger charge is -2.12. The summed E-state index contributed by atoms with van der Waals surface area (Å²) in [5, 5.41) is 14.2.